The standard InChI is InChI=1S/C12H16BrClO/c1-3-15-12-7-9(2)11(14)8-10(12)5-4-6-13/h7-8H,3-6H2,1-2H3. The van der Waals surface area contributed by atoms with E-state index >= 15 is 0 Å². The number of ether oxygens (including phenoxy) is 1. The van der Waals surface area contributed by atoms with E-state index < -0.39 is 0 Å². The van der Waals surface area contributed by atoms with Gasteiger partial charge in [-0.2, -0.15) is 0 Å². The fourth-order valence-electron chi connectivity index (χ4n) is 1.44. The number of rotatable bonds is 5. The lowest BCUT2D eigenvalue weighted by Crippen LogP contribution is -1.98. The molecule has 0 aliphatic carbocycles. The summed E-state index contributed by atoms with van der Waals surface area (Å²) in [6.07, 6.45) is 2.10. The SMILES string of the molecule is CCOc1cc(C)c(Cl)cc1CCCBr. The Labute approximate surface area is 105 Å². The van der Waals surface area contributed by atoms with E-state index in [1.54, 1.807) is 0 Å². The van der Waals surface area contributed by atoms with Gasteiger partial charge in [-0.05, 0) is 49.9 Å². The third-order valence-corrected chi connectivity index (χ3v) is 3.19. The second kappa shape index (κ2) is 6.39. The van der Waals surface area contributed by atoms with Crippen molar-refractivity contribution in [1.82, 2.24) is 0 Å². The van der Waals surface area contributed by atoms with E-state index in [4.69, 9.17) is 16.3 Å². The monoisotopic (exact) mass is 290 g/mol. The zero-order chi connectivity index (χ0) is 11.3. The Balaban J connectivity index is 2.93. The predicted octanol–water partition coefficient (Wildman–Crippen LogP) is 4.37. The molecular weight excluding hydrogens is 275 g/mol. The number of hydrogen-bond donors (Lipinski definition) is 0. The Kier molecular flexibility index (Phi) is 5.48. The third-order valence-electron chi connectivity index (χ3n) is 2.22. The van der Waals surface area contributed by atoms with Crippen LogP contribution >= 0.6 is 27.5 Å². The molecule has 1 aromatic rings. The molecule has 0 bridgehead atoms. The molecule has 1 rings (SSSR count). The molecule has 84 valence electrons. The second-order valence-electron chi connectivity index (χ2n) is 3.43. The van der Waals surface area contributed by atoms with E-state index in [-0.39, 0.29) is 0 Å². The molecule has 1 nitrogen and oxygen atoms in total. The summed E-state index contributed by atoms with van der Waals surface area (Å²) in [6, 6.07) is 4.04. The summed E-state index contributed by atoms with van der Waals surface area (Å²) >= 11 is 9.53. The quantitative estimate of drug-likeness (QED) is 0.732. The fourth-order valence-corrected chi connectivity index (χ4v) is 1.91. The molecule has 0 unspecified atom stereocenters. The van der Waals surface area contributed by atoms with Crippen LogP contribution in [0.2, 0.25) is 5.02 Å². The minimum Gasteiger partial charge on any atom is -0.494 e. The molecule has 15 heavy (non-hydrogen) atoms. The van der Waals surface area contributed by atoms with Gasteiger partial charge in [0.1, 0.15) is 5.75 Å². The van der Waals surface area contributed by atoms with E-state index in [2.05, 4.69) is 15.9 Å². The molecule has 0 amide bonds. The summed E-state index contributed by atoms with van der Waals surface area (Å²) in [4.78, 5) is 0. The highest BCUT2D eigenvalue weighted by Crippen LogP contribution is 2.27. The van der Waals surface area contributed by atoms with Crippen LogP contribution in [0.15, 0.2) is 12.1 Å². The van der Waals surface area contributed by atoms with Gasteiger partial charge < -0.3 is 4.74 Å². The highest BCUT2D eigenvalue weighted by molar-refractivity contribution is 9.09. The van der Waals surface area contributed by atoms with Crippen molar-refractivity contribution in [3.8, 4) is 5.75 Å². The Morgan fingerprint density at radius 3 is 2.73 bits per heavy atom. The Hall–Kier alpha value is -0.210. The summed E-state index contributed by atoms with van der Waals surface area (Å²) in [5.74, 6) is 0.973. The molecule has 0 fully saturated rings. The van der Waals surface area contributed by atoms with Crippen LogP contribution in [0, 0.1) is 6.92 Å². The number of benzene rings is 1. The summed E-state index contributed by atoms with van der Waals surface area (Å²) in [7, 11) is 0. The lowest BCUT2D eigenvalue weighted by atomic mass is 10.1. The highest BCUT2D eigenvalue weighted by Gasteiger charge is 2.06. The molecule has 0 radical (unpaired) electrons. The van der Waals surface area contributed by atoms with Crippen LogP contribution in [-0.2, 0) is 6.42 Å². The lowest BCUT2D eigenvalue weighted by Gasteiger charge is -2.11. The van der Waals surface area contributed by atoms with Crippen molar-refractivity contribution >= 4 is 27.5 Å². The maximum atomic E-state index is 6.10. The molecule has 0 saturated heterocycles. The van der Waals surface area contributed by atoms with E-state index in [1.165, 1.54) is 5.56 Å². The van der Waals surface area contributed by atoms with Gasteiger partial charge in [-0.3, -0.25) is 0 Å². The van der Waals surface area contributed by atoms with E-state index in [1.807, 2.05) is 26.0 Å². The van der Waals surface area contributed by atoms with Crippen LogP contribution in [0.4, 0.5) is 0 Å². The second-order valence-corrected chi connectivity index (χ2v) is 4.63. The molecule has 0 N–H and O–H groups in total. The van der Waals surface area contributed by atoms with Gasteiger partial charge in [-0.1, -0.05) is 27.5 Å². The summed E-state index contributed by atoms with van der Waals surface area (Å²) in [6.45, 7) is 4.69. The van der Waals surface area contributed by atoms with Gasteiger partial charge in [-0.15, -0.1) is 0 Å². The largest absolute Gasteiger partial charge is 0.494 e. The molecule has 0 aromatic heterocycles. The Morgan fingerprint density at radius 1 is 1.40 bits per heavy atom. The molecule has 0 saturated carbocycles. The first-order valence-corrected chi connectivity index (χ1v) is 6.66. The minimum atomic E-state index is 0.697. The van der Waals surface area contributed by atoms with Gasteiger partial charge >= 0.3 is 0 Å². The molecular formula is C12H16BrClO. The normalized spacial score (nSPS) is 10.4. The van der Waals surface area contributed by atoms with Crippen LogP contribution in [0.25, 0.3) is 0 Å². The number of halogens is 2. The van der Waals surface area contributed by atoms with Crippen molar-refractivity contribution in [1.29, 1.82) is 0 Å². The fraction of sp³-hybridized carbons (Fsp3) is 0.500. The number of alkyl halides is 1. The first kappa shape index (κ1) is 12.9. The Bertz CT molecular complexity index is 326. The van der Waals surface area contributed by atoms with Gasteiger partial charge in [-0.25, -0.2) is 0 Å². The van der Waals surface area contributed by atoms with Crippen molar-refractivity contribution in [2.75, 3.05) is 11.9 Å². The highest BCUT2D eigenvalue weighted by atomic mass is 79.9. The van der Waals surface area contributed by atoms with Crippen LogP contribution < -0.4 is 4.74 Å². The molecule has 0 aliphatic heterocycles. The van der Waals surface area contributed by atoms with Crippen molar-refractivity contribution in [3.05, 3.63) is 28.3 Å². The third kappa shape index (κ3) is 3.69. The van der Waals surface area contributed by atoms with E-state index in [0.29, 0.717) is 6.61 Å². The van der Waals surface area contributed by atoms with Crippen molar-refractivity contribution in [2.24, 2.45) is 0 Å². The minimum absolute atomic E-state index is 0.697. The molecule has 0 spiro atoms. The smallest absolute Gasteiger partial charge is 0.122 e. The van der Waals surface area contributed by atoms with Crippen molar-refractivity contribution in [2.45, 2.75) is 26.7 Å². The molecule has 0 aliphatic rings. The van der Waals surface area contributed by atoms with Crippen molar-refractivity contribution < 1.29 is 4.74 Å². The topological polar surface area (TPSA) is 9.23 Å². The van der Waals surface area contributed by atoms with Gasteiger partial charge in [0, 0.05) is 10.4 Å². The van der Waals surface area contributed by atoms with Crippen molar-refractivity contribution in [3.63, 3.8) is 0 Å². The van der Waals surface area contributed by atoms with Gasteiger partial charge in [0.15, 0.2) is 0 Å². The van der Waals surface area contributed by atoms with Gasteiger partial charge in [0.2, 0.25) is 0 Å². The average Bonchev–Trinajstić information content (AvgIpc) is 2.21. The number of hydrogen-bond acceptors (Lipinski definition) is 1. The summed E-state index contributed by atoms with van der Waals surface area (Å²) in [5.41, 5.74) is 2.27. The summed E-state index contributed by atoms with van der Waals surface area (Å²) < 4.78 is 5.60. The van der Waals surface area contributed by atoms with Crippen LogP contribution in [-0.4, -0.2) is 11.9 Å². The lowest BCUT2D eigenvalue weighted by molar-refractivity contribution is 0.336. The van der Waals surface area contributed by atoms with Gasteiger partial charge in [0.05, 0.1) is 6.61 Å². The zero-order valence-electron chi connectivity index (χ0n) is 9.15. The van der Waals surface area contributed by atoms with Crippen LogP contribution in [0.1, 0.15) is 24.5 Å². The Morgan fingerprint density at radius 2 is 2.13 bits per heavy atom. The maximum absolute atomic E-state index is 6.10. The van der Waals surface area contributed by atoms with E-state index in [9.17, 15) is 0 Å². The molecule has 0 heterocycles. The maximum Gasteiger partial charge on any atom is 0.122 e. The predicted molar refractivity (Wildman–Crippen MR) is 69.5 cm³/mol. The summed E-state index contributed by atoms with van der Waals surface area (Å²) in [5, 5.41) is 1.83. The molecule has 3 heteroatoms. The van der Waals surface area contributed by atoms with Crippen LogP contribution in [0.3, 0.4) is 0 Å². The first-order chi connectivity index (χ1) is 7.19. The van der Waals surface area contributed by atoms with E-state index in [0.717, 1.165) is 34.5 Å². The van der Waals surface area contributed by atoms with Crippen LogP contribution in [0.5, 0.6) is 5.75 Å². The first-order valence-electron chi connectivity index (χ1n) is 5.16. The zero-order valence-corrected chi connectivity index (χ0v) is 11.5. The molecule has 1 aromatic carbocycles. The molecule has 0 atom stereocenters. The number of aryl methyl sites for hydroxylation is 2. The average molecular weight is 292 g/mol. The van der Waals surface area contributed by atoms with Gasteiger partial charge in [0.25, 0.3) is 0 Å².